The molecule has 0 aliphatic carbocycles. The van der Waals surface area contributed by atoms with E-state index in [4.69, 9.17) is 23.1 Å². The van der Waals surface area contributed by atoms with Gasteiger partial charge in [-0.3, -0.25) is 14.4 Å². The summed E-state index contributed by atoms with van der Waals surface area (Å²) in [5, 5.41) is 0. The molecule has 0 aliphatic rings. The maximum Gasteiger partial charge on any atom is 0.308 e. The van der Waals surface area contributed by atoms with Crippen LogP contribution < -0.4 is 20.7 Å². The molecular formula is C11H10BNO5. The number of benzene rings is 1. The number of carbonyl (C=O) groups is 3. The molecule has 1 aromatic rings. The molecule has 0 saturated heterocycles. The van der Waals surface area contributed by atoms with Gasteiger partial charge in [0.05, 0.1) is 0 Å². The highest BCUT2D eigenvalue weighted by Gasteiger charge is 2.16. The second-order valence-electron chi connectivity index (χ2n) is 3.44. The van der Waals surface area contributed by atoms with Gasteiger partial charge >= 0.3 is 11.9 Å². The van der Waals surface area contributed by atoms with Crippen molar-refractivity contribution >= 4 is 31.2 Å². The molecule has 2 radical (unpaired) electrons. The van der Waals surface area contributed by atoms with Gasteiger partial charge in [0.1, 0.15) is 7.85 Å². The summed E-state index contributed by atoms with van der Waals surface area (Å²) in [5.41, 5.74) is 5.10. The molecule has 0 fully saturated rings. The van der Waals surface area contributed by atoms with Crippen molar-refractivity contribution in [3.8, 4) is 11.5 Å². The minimum absolute atomic E-state index is 0.0299. The van der Waals surface area contributed by atoms with Crippen LogP contribution in [-0.2, 0) is 9.59 Å². The average Bonchev–Trinajstić information content (AvgIpc) is 2.21. The molecule has 1 rings (SSSR count). The molecule has 0 saturated carbocycles. The summed E-state index contributed by atoms with van der Waals surface area (Å²) < 4.78 is 9.63. The molecule has 0 heterocycles. The largest absolute Gasteiger partial charge is 0.423 e. The lowest BCUT2D eigenvalue weighted by Crippen LogP contribution is -2.20. The van der Waals surface area contributed by atoms with Crippen molar-refractivity contribution in [1.29, 1.82) is 0 Å². The summed E-state index contributed by atoms with van der Waals surface area (Å²) in [6.07, 6.45) is 0. The predicted octanol–water partition coefficient (Wildman–Crippen LogP) is -0.570. The van der Waals surface area contributed by atoms with Crippen LogP contribution in [0, 0.1) is 0 Å². The highest BCUT2D eigenvalue weighted by Crippen LogP contribution is 2.26. The monoisotopic (exact) mass is 247 g/mol. The molecule has 0 unspecified atom stereocenters. The zero-order valence-electron chi connectivity index (χ0n) is 9.85. The van der Waals surface area contributed by atoms with Crippen LogP contribution in [0.2, 0.25) is 0 Å². The van der Waals surface area contributed by atoms with Crippen molar-refractivity contribution in [2.24, 2.45) is 5.73 Å². The summed E-state index contributed by atoms with van der Waals surface area (Å²) in [6.45, 7) is 2.32. The lowest BCUT2D eigenvalue weighted by atomic mass is 9.92. The molecule has 18 heavy (non-hydrogen) atoms. The lowest BCUT2D eigenvalue weighted by Gasteiger charge is -2.12. The molecule has 0 spiro atoms. The molecule has 0 atom stereocenters. The van der Waals surface area contributed by atoms with E-state index in [0.29, 0.717) is 0 Å². The predicted molar refractivity (Wildman–Crippen MR) is 63.0 cm³/mol. The fourth-order valence-corrected chi connectivity index (χ4v) is 1.25. The van der Waals surface area contributed by atoms with Gasteiger partial charge in [0, 0.05) is 19.4 Å². The van der Waals surface area contributed by atoms with E-state index in [9.17, 15) is 14.4 Å². The Labute approximate surface area is 104 Å². The Morgan fingerprint density at radius 3 is 2.11 bits per heavy atom. The zero-order valence-corrected chi connectivity index (χ0v) is 9.85. The Morgan fingerprint density at radius 1 is 1.11 bits per heavy atom. The number of hydrogen-bond donors (Lipinski definition) is 1. The van der Waals surface area contributed by atoms with Gasteiger partial charge in [0.15, 0.2) is 11.5 Å². The van der Waals surface area contributed by atoms with Gasteiger partial charge < -0.3 is 15.2 Å². The van der Waals surface area contributed by atoms with Crippen molar-refractivity contribution in [2.75, 3.05) is 0 Å². The molecule has 92 valence electrons. The van der Waals surface area contributed by atoms with E-state index in [1.54, 1.807) is 0 Å². The third-order valence-electron chi connectivity index (χ3n) is 1.87. The summed E-state index contributed by atoms with van der Waals surface area (Å²) in [5.74, 6) is -2.29. The molecule has 2 N–H and O–H groups in total. The number of carbonyl (C=O) groups excluding carboxylic acids is 3. The Morgan fingerprint density at radius 2 is 1.67 bits per heavy atom. The maximum atomic E-state index is 11.0. The van der Waals surface area contributed by atoms with E-state index < -0.39 is 17.8 Å². The van der Waals surface area contributed by atoms with Crippen molar-refractivity contribution in [3.63, 3.8) is 0 Å². The van der Waals surface area contributed by atoms with Gasteiger partial charge in [0.25, 0.3) is 0 Å². The summed E-state index contributed by atoms with van der Waals surface area (Å²) in [6, 6.07) is 2.41. The molecule has 1 amide bonds. The number of ether oxygens (including phenoxy) is 2. The number of rotatable bonds is 3. The van der Waals surface area contributed by atoms with E-state index >= 15 is 0 Å². The van der Waals surface area contributed by atoms with E-state index in [2.05, 4.69) is 0 Å². The van der Waals surface area contributed by atoms with Crippen LogP contribution in [0.5, 0.6) is 11.5 Å². The van der Waals surface area contributed by atoms with E-state index in [1.807, 2.05) is 0 Å². The van der Waals surface area contributed by atoms with Crippen molar-refractivity contribution in [1.82, 2.24) is 0 Å². The first-order chi connectivity index (χ1) is 8.31. The number of amides is 1. The smallest absolute Gasteiger partial charge is 0.308 e. The number of nitrogens with two attached hydrogens (primary N) is 1. The average molecular weight is 247 g/mol. The fraction of sp³-hybridized carbons (Fsp3) is 0.182. The molecule has 7 heteroatoms. The van der Waals surface area contributed by atoms with Gasteiger partial charge in [-0.05, 0) is 6.07 Å². The van der Waals surface area contributed by atoms with E-state index in [-0.39, 0.29) is 22.5 Å². The molecule has 6 nitrogen and oxygen atoms in total. The van der Waals surface area contributed by atoms with Crippen molar-refractivity contribution in [2.45, 2.75) is 13.8 Å². The normalized spacial score (nSPS) is 9.67. The SMILES string of the molecule is [B]c1cc(C(N)=O)cc(OC(C)=O)c1OC(C)=O. The molecule has 1 aromatic carbocycles. The van der Waals surface area contributed by atoms with E-state index in [0.717, 1.165) is 6.92 Å². The molecule has 0 aromatic heterocycles. The van der Waals surface area contributed by atoms with Gasteiger partial charge in [0.2, 0.25) is 5.91 Å². The number of esters is 2. The van der Waals surface area contributed by atoms with Crippen molar-refractivity contribution < 1.29 is 23.9 Å². The third kappa shape index (κ3) is 3.34. The first kappa shape index (κ1) is 13.8. The van der Waals surface area contributed by atoms with Crippen LogP contribution in [0.15, 0.2) is 12.1 Å². The topological polar surface area (TPSA) is 95.7 Å². The second kappa shape index (κ2) is 5.35. The Kier molecular flexibility index (Phi) is 4.09. The van der Waals surface area contributed by atoms with Crippen LogP contribution >= 0.6 is 0 Å². The minimum Gasteiger partial charge on any atom is -0.423 e. The third-order valence-corrected chi connectivity index (χ3v) is 1.87. The number of hydrogen-bond acceptors (Lipinski definition) is 5. The van der Waals surface area contributed by atoms with Gasteiger partial charge in [-0.25, -0.2) is 0 Å². The van der Waals surface area contributed by atoms with Crippen molar-refractivity contribution in [3.05, 3.63) is 17.7 Å². The maximum absolute atomic E-state index is 11.0. The first-order valence-electron chi connectivity index (χ1n) is 4.91. The highest BCUT2D eigenvalue weighted by atomic mass is 16.6. The van der Waals surface area contributed by atoms with Gasteiger partial charge in [-0.2, -0.15) is 0 Å². The first-order valence-corrected chi connectivity index (χ1v) is 4.91. The quantitative estimate of drug-likeness (QED) is 0.438. The fourth-order valence-electron chi connectivity index (χ4n) is 1.25. The second-order valence-corrected chi connectivity index (χ2v) is 3.44. The lowest BCUT2D eigenvalue weighted by molar-refractivity contribution is -0.134. The minimum atomic E-state index is -0.746. The molecule has 0 aliphatic heterocycles. The van der Waals surface area contributed by atoms with Crippen LogP contribution in [0.4, 0.5) is 0 Å². The molecular weight excluding hydrogens is 237 g/mol. The van der Waals surface area contributed by atoms with Gasteiger partial charge in [-0.15, -0.1) is 0 Å². The Balaban J connectivity index is 3.33. The van der Waals surface area contributed by atoms with E-state index in [1.165, 1.54) is 19.1 Å². The summed E-state index contributed by atoms with van der Waals surface area (Å²) >= 11 is 0. The summed E-state index contributed by atoms with van der Waals surface area (Å²) in [4.78, 5) is 32.9. The van der Waals surface area contributed by atoms with Crippen LogP contribution in [0.1, 0.15) is 24.2 Å². The van der Waals surface area contributed by atoms with Crippen LogP contribution in [0.25, 0.3) is 0 Å². The van der Waals surface area contributed by atoms with Crippen LogP contribution in [-0.4, -0.2) is 25.7 Å². The zero-order chi connectivity index (χ0) is 13.9. The Bertz CT molecular complexity index is 526. The Hall–Kier alpha value is -2.31. The summed E-state index contributed by atoms with van der Waals surface area (Å²) in [7, 11) is 5.61. The standard InChI is InChI=1S/C11H10BNO5/c1-5(14)17-9-4-7(11(13)16)3-8(12)10(9)18-6(2)15/h3-4H,1-2H3,(H2,13,16). The van der Waals surface area contributed by atoms with Crippen LogP contribution in [0.3, 0.4) is 0 Å². The van der Waals surface area contributed by atoms with Gasteiger partial charge in [-0.1, -0.05) is 11.5 Å². The molecule has 0 bridgehead atoms. The highest BCUT2D eigenvalue weighted by molar-refractivity contribution is 6.35. The number of primary amides is 1.